The minimum atomic E-state index is 0.00377. The first kappa shape index (κ1) is 24.0. The van der Waals surface area contributed by atoms with Crippen LogP contribution in [0.15, 0.2) is 67.4 Å². The predicted molar refractivity (Wildman–Crippen MR) is 154 cm³/mol. The molecule has 1 saturated heterocycles. The number of phenols is 1. The van der Waals surface area contributed by atoms with Crippen LogP contribution in [0.25, 0.3) is 44.2 Å². The molecule has 1 amide bonds. The van der Waals surface area contributed by atoms with Gasteiger partial charge in [-0.3, -0.25) is 9.48 Å². The van der Waals surface area contributed by atoms with Crippen LogP contribution in [0.2, 0.25) is 5.02 Å². The number of fused-ring (bicyclic) bond motifs is 2. The average Bonchev–Trinajstić information content (AvgIpc) is 3.41. The van der Waals surface area contributed by atoms with Crippen LogP contribution in [0, 0.1) is 5.41 Å². The monoisotopic (exact) mass is 537 g/mol. The lowest BCUT2D eigenvalue weighted by Gasteiger charge is -2.58. The molecule has 196 valence electrons. The maximum absolute atomic E-state index is 12.0. The number of phenolic OH excluding ortho intramolecular Hbond substituents is 1. The molecule has 1 saturated carbocycles. The second-order valence-corrected chi connectivity index (χ2v) is 11.5. The van der Waals surface area contributed by atoms with Gasteiger partial charge in [0.05, 0.1) is 23.1 Å². The number of halogens is 1. The number of nitrogens with zero attached hydrogens (tertiary/aromatic N) is 5. The number of aromatic hydroxyl groups is 1. The third-order valence-corrected chi connectivity index (χ3v) is 8.89. The number of hydrogen-bond acceptors (Lipinski definition) is 4. The molecular weight excluding hydrogens is 510 g/mol. The van der Waals surface area contributed by atoms with Crippen LogP contribution in [0.5, 0.6) is 5.75 Å². The summed E-state index contributed by atoms with van der Waals surface area (Å²) in [7, 11) is 3.99. The second-order valence-electron chi connectivity index (χ2n) is 11.1. The van der Waals surface area contributed by atoms with E-state index < -0.39 is 0 Å². The second kappa shape index (κ2) is 8.45. The van der Waals surface area contributed by atoms with Crippen LogP contribution >= 0.6 is 11.6 Å². The molecule has 3 heterocycles. The fourth-order valence-corrected chi connectivity index (χ4v) is 7.01. The van der Waals surface area contributed by atoms with Crippen molar-refractivity contribution in [1.29, 1.82) is 0 Å². The first-order valence-corrected chi connectivity index (χ1v) is 13.5. The Bertz CT molecular complexity index is 1820. The van der Waals surface area contributed by atoms with Crippen LogP contribution in [0.1, 0.15) is 24.6 Å². The predicted octanol–water partition coefficient (Wildman–Crippen LogP) is 6.05. The molecule has 0 bridgehead atoms. The highest BCUT2D eigenvalue weighted by atomic mass is 35.5. The Kier molecular flexibility index (Phi) is 5.19. The molecule has 0 radical (unpaired) electrons. The Balaban J connectivity index is 1.37. The van der Waals surface area contributed by atoms with Crippen LogP contribution in [0.4, 0.5) is 0 Å². The number of amides is 1. The number of likely N-dealkylation sites (tertiary alicyclic amines) is 1. The van der Waals surface area contributed by atoms with E-state index in [1.165, 1.54) is 6.08 Å². The normalized spacial score (nSPS) is 16.5. The van der Waals surface area contributed by atoms with Gasteiger partial charge in [0.2, 0.25) is 5.91 Å². The van der Waals surface area contributed by atoms with Gasteiger partial charge in [0.15, 0.2) is 0 Å². The van der Waals surface area contributed by atoms with Gasteiger partial charge >= 0.3 is 0 Å². The lowest BCUT2D eigenvalue weighted by molar-refractivity contribution is -0.146. The van der Waals surface area contributed by atoms with Crippen LogP contribution < -0.4 is 0 Å². The smallest absolute Gasteiger partial charge is 0.245 e. The maximum atomic E-state index is 12.0. The number of aromatic nitrogens is 4. The van der Waals surface area contributed by atoms with Crippen LogP contribution in [0.3, 0.4) is 0 Å². The number of hydrogen-bond donors (Lipinski definition) is 1. The molecule has 1 spiro atoms. The summed E-state index contributed by atoms with van der Waals surface area (Å²) < 4.78 is 4.03. The van der Waals surface area contributed by atoms with Gasteiger partial charge in [0.1, 0.15) is 11.6 Å². The van der Waals surface area contributed by atoms with Crippen molar-refractivity contribution in [3.8, 4) is 28.3 Å². The Labute approximate surface area is 230 Å². The van der Waals surface area contributed by atoms with Crippen molar-refractivity contribution in [2.45, 2.75) is 18.8 Å². The minimum absolute atomic E-state index is 0.00377. The Morgan fingerprint density at radius 1 is 1.13 bits per heavy atom. The van der Waals surface area contributed by atoms with E-state index in [1.54, 1.807) is 12.1 Å². The molecule has 8 heteroatoms. The minimum Gasteiger partial charge on any atom is -0.508 e. The molecule has 1 N–H and O–H groups in total. The van der Waals surface area contributed by atoms with Crippen molar-refractivity contribution in [3.63, 3.8) is 0 Å². The summed E-state index contributed by atoms with van der Waals surface area (Å²) in [5.41, 5.74) is 4.82. The lowest BCUT2D eigenvalue weighted by Crippen LogP contribution is -2.63. The van der Waals surface area contributed by atoms with Crippen molar-refractivity contribution in [3.05, 3.63) is 78.2 Å². The largest absolute Gasteiger partial charge is 0.508 e. The van der Waals surface area contributed by atoms with Gasteiger partial charge in [-0.25, -0.2) is 4.98 Å². The van der Waals surface area contributed by atoms with E-state index in [4.69, 9.17) is 16.6 Å². The highest BCUT2D eigenvalue weighted by Gasteiger charge is 2.54. The molecule has 3 aromatic carbocycles. The number of rotatable bonds is 4. The summed E-state index contributed by atoms with van der Waals surface area (Å²) >= 11 is 6.76. The molecule has 2 aliphatic rings. The molecule has 2 aromatic heterocycles. The highest BCUT2D eigenvalue weighted by Crippen LogP contribution is 2.56. The topological polar surface area (TPSA) is 76.2 Å². The van der Waals surface area contributed by atoms with Crippen molar-refractivity contribution in [1.82, 2.24) is 24.2 Å². The molecule has 7 rings (SSSR count). The standard InChI is InChI=1S/C31H28ClN5O2/c1-4-26(39)37-16-31(17-37)13-21(14-31)30-34-28(19-8-9-25-20(10-19)15-33-36(25)3)29(35(30)2)23-12-22(38)11-18-6-5-7-24(32)27(18)23/h4-12,15,21,38H,1,13-14,16-17H2,2-3H3. The Morgan fingerprint density at radius 3 is 2.69 bits per heavy atom. The zero-order chi connectivity index (χ0) is 27.1. The van der Waals surface area contributed by atoms with Gasteiger partial charge in [-0.1, -0.05) is 36.4 Å². The number of carbonyl (C=O) groups excluding carboxylic acids is 1. The molecule has 5 aromatic rings. The number of benzene rings is 3. The molecule has 1 aliphatic carbocycles. The number of aryl methyl sites for hydroxylation is 1. The fraction of sp³-hybridized carbons (Fsp3) is 0.258. The summed E-state index contributed by atoms with van der Waals surface area (Å²) in [5.74, 6) is 1.47. The fourth-order valence-electron chi connectivity index (χ4n) is 6.73. The highest BCUT2D eigenvalue weighted by molar-refractivity contribution is 6.36. The molecule has 0 unspecified atom stereocenters. The molecule has 1 aliphatic heterocycles. The van der Waals surface area contributed by atoms with E-state index in [-0.39, 0.29) is 23.0 Å². The van der Waals surface area contributed by atoms with Crippen molar-refractivity contribution in [2.24, 2.45) is 19.5 Å². The third kappa shape index (κ3) is 3.60. The van der Waals surface area contributed by atoms with E-state index in [0.717, 1.165) is 75.9 Å². The SMILES string of the molecule is C=CC(=O)N1CC2(CC(c3nc(-c4ccc5c(cnn5C)c4)c(-c4cc(O)cc5cccc(Cl)c45)n3C)C2)C1. The van der Waals surface area contributed by atoms with E-state index in [1.807, 2.05) is 41.0 Å². The number of imidazole rings is 1. The quantitative estimate of drug-likeness (QED) is 0.283. The molecule has 39 heavy (non-hydrogen) atoms. The van der Waals surface area contributed by atoms with Crippen molar-refractivity contribution >= 4 is 39.2 Å². The summed E-state index contributed by atoms with van der Waals surface area (Å²) in [4.78, 5) is 19.1. The van der Waals surface area contributed by atoms with Crippen LogP contribution in [-0.2, 0) is 18.9 Å². The lowest BCUT2D eigenvalue weighted by atomic mass is 9.57. The van der Waals surface area contributed by atoms with Gasteiger partial charge in [0.25, 0.3) is 0 Å². The van der Waals surface area contributed by atoms with Gasteiger partial charge in [-0.2, -0.15) is 5.10 Å². The number of carbonyl (C=O) groups is 1. The molecule has 2 fully saturated rings. The summed E-state index contributed by atoms with van der Waals surface area (Å²) in [5, 5.41) is 18.5. The van der Waals surface area contributed by atoms with Gasteiger partial charge in [0, 0.05) is 65.4 Å². The maximum Gasteiger partial charge on any atom is 0.245 e. The first-order chi connectivity index (χ1) is 18.8. The average molecular weight is 538 g/mol. The van der Waals surface area contributed by atoms with E-state index in [9.17, 15) is 9.90 Å². The van der Waals surface area contributed by atoms with Crippen molar-refractivity contribution < 1.29 is 9.90 Å². The Hall–Kier alpha value is -4.10. The van der Waals surface area contributed by atoms with E-state index >= 15 is 0 Å². The summed E-state index contributed by atoms with van der Waals surface area (Å²) in [6.07, 6.45) is 5.23. The zero-order valence-corrected chi connectivity index (χ0v) is 22.6. The molecule has 7 nitrogen and oxygen atoms in total. The van der Waals surface area contributed by atoms with Crippen molar-refractivity contribution in [2.75, 3.05) is 13.1 Å². The molecule has 0 atom stereocenters. The Morgan fingerprint density at radius 2 is 1.92 bits per heavy atom. The zero-order valence-electron chi connectivity index (χ0n) is 21.9. The van der Waals surface area contributed by atoms with E-state index in [2.05, 4.69) is 41.5 Å². The van der Waals surface area contributed by atoms with Gasteiger partial charge in [-0.05, 0) is 54.6 Å². The van der Waals surface area contributed by atoms with Gasteiger partial charge in [-0.15, -0.1) is 0 Å². The third-order valence-electron chi connectivity index (χ3n) is 8.58. The van der Waals surface area contributed by atoms with E-state index in [0.29, 0.717) is 5.02 Å². The van der Waals surface area contributed by atoms with Gasteiger partial charge < -0.3 is 14.6 Å². The van der Waals surface area contributed by atoms with Crippen LogP contribution in [-0.4, -0.2) is 48.3 Å². The first-order valence-electron chi connectivity index (χ1n) is 13.1. The molecular formula is C31H28ClN5O2. The summed E-state index contributed by atoms with van der Waals surface area (Å²) in [6, 6.07) is 15.5. The summed E-state index contributed by atoms with van der Waals surface area (Å²) in [6.45, 7) is 5.18.